The molecular weight excluding hydrogens is 222 g/mol. The Morgan fingerprint density at radius 1 is 1.44 bits per heavy atom. The smallest absolute Gasteiger partial charge is 0.203 e. The predicted molar refractivity (Wildman–Crippen MR) is 67.1 cm³/mol. The molecule has 0 aromatic carbocycles. The van der Waals surface area contributed by atoms with Crippen LogP contribution in [-0.4, -0.2) is 26.5 Å². The van der Waals surface area contributed by atoms with Gasteiger partial charge in [0.05, 0.1) is 6.33 Å². The first-order valence-electron chi connectivity index (χ1n) is 5.48. The Kier molecular flexibility index (Phi) is 3.51. The van der Waals surface area contributed by atoms with Gasteiger partial charge in [0.2, 0.25) is 5.95 Å². The van der Waals surface area contributed by atoms with Crippen molar-refractivity contribution >= 4 is 29.3 Å². The zero-order valence-corrected chi connectivity index (χ0v) is 10.0. The van der Waals surface area contributed by atoms with Crippen LogP contribution >= 0.6 is 12.2 Å². The maximum atomic E-state index is 5.15. The van der Waals surface area contributed by atoms with Crippen molar-refractivity contribution in [3.8, 4) is 0 Å². The molecule has 2 aromatic heterocycles. The molecule has 0 unspecified atom stereocenters. The van der Waals surface area contributed by atoms with Crippen LogP contribution in [0.25, 0.3) is 11.2 Å². The SMILES string of the molecule is CCCCCNc1nc(=S)c2[nH]cnc2[nH]1. The van der Waals surface area contributed by atoms with Gasteiger partial charge in [-0.15, -0.1) is 0 Å². The summed E-state index contributed by atoms with van der Waals surface area (Å²) in [6, 6.07) is 0. The fraction of sp³-hybridized carbons (Fsp3) is 0.500. The van der Waals surface area contributed by atoms with Crippen LogP contribution in [0.3, 0.4) is 0 Å². The monoisotopic (exact) mass is 237 g/mol. The van der Waals surface area contributed by atoms with Crippen LogP contribution in [0.15, 0.2) is 6.33 Å². The largest absolute Gasteiger partial charge is 0.356 e. The molecule has 0 saturated carbocycles. The van der Waals surface area contributed by atoms with Gasteiger partial charge in [-0.2, -0.15) is 0 Å². The van der Waals surface area contributed by atoms with Gasteiger partial charge in [0.15, 0.2) is 10.3 Å². The molecular formula is C10H15N5S. The summed E-state index contributed by atoms with van der Waals surface area (Å²) in [5, 5.41) is 3.22. The zero-order chi connectivity index (χ0) is 11.4. The van der Waals surface area contributed by atoms with Crippen LogP contribution in [0.4, 0.5) is 5.95 Å². The van der Waals surface area contributed by atoms with Crippen molar-refractivity contribution < 1.29 is 0 Å². The summed E-state index contributed by atoms with van der Waals surface area (Å²) in [6.45, 7) is 3.09. The summed E-state index contributed by atoms with van der Waals surface area (Å²) < 4.78 is 0.546. The van der Waals surface area contributed by atoms with E-state index >= 15 is 0 Å². The third-order valence-corrected chi connectivity index (χ3v) is 2.67. The van der Waals surface area contributed by atoms with Crippen molar-refractivity contribution in [2.45, 2.75) is 26.2 Å². The van der Waals surface area contributed by atoms with Crippen LogP contribution in [-0.2, 0) is 0 Å². The second kappa shape index (κ2) is 5.07. The fourth-order valence-corrected chi connectivity index (χ4v) is 1.76. The van der Waals surface area contributed by atoms with E-state index in [-0.39, 0.29) is 0 Å². The Bertz CT molecular complexity index is 515. The number of aromatic nitrogens is 4. The highest BCUT2D eigenvalue weighted by atomic mass is 32.1. The van der Waals surface area contributed by atoms with Crippen molar-refractivity contribution in [1.29, 1.82) is 0 Å². The summed E-state index contributed by atoms with van der Waals surface area (Å²) in [5.41, 5.74) is 1.53. The van der Waals surface area contributed by atoms with E-state index in [4.69, 9.17) is 12.2 Å². The third-order valence-electron chi connectivity index (χ3n) is 2.38. The number of hydrogen-bond donors (Lipinski definition) is 3. The molecule has 0 aliphatic carbocycles. The average molecular weight is 237 g/mol. The van der Waals surface area contributed by atoms with E-state index in [1.807, 2.05) is 0 Å². The lowest BCUT2D eigenvalue weighted by atomic mass is 10.2. The number of hydrogen-bond acceptors (Lipinski definition) is 4. The quantitative estimate of drug-likeness (QED) is 0.552. The van der Waals surface area contributed by atoms with E-state index in [2.05, 4.69) is 32.2 Å². The van der Waals surface area contributed by atoms with Gasteiger partial charge in [-0.3, -0.25) is 0 Å². The van der Waals surface area contributed by atoms with Gasteiger partial charge in [0, 0.05) is 6.54 Å². The summed E-state index contributed by atoms with van der Waals surface area (Å²) >= 11 is 5.15. The first kappa shape index (κ1) is 11.1. The Morgan fingerprint density at radius 3 is 3.12 bits per heavy atom. The Hall–Kier alpha value is -1.43. The number of nitrogens with zero attached hydrogens (tertiary/aromatic N) is 2. The highest BCUT2D eigenvalue weighted by Gasteiger charge is 2.01. The summed E-state index contributed by atoms with van der Waals surface area (Å²) in [7, 11) is 0. The maximum Gasteiger partial charge on any atom is 0.203 e. The first-order valence-corrected chi connectivity index (χ1v) is 5.89. The van der Waals surface area contributed by atoms with Crippen LogP contribution in [0.5, 0.6) is 0 Å². The third kappa shape index (κ3) is 2.38. The van der Waals surface area contributed by atoms with Crippen LogP contribution in [0.2, 0.25) is 0 Å². The first-order chi connectivity index (χ1) is 7.81. The number of aromatic amines is 2. The molecule has 16 heavy (non-hydrogen) atoms. The van der Waals surface area contributed by atoms with Crippen molar-refractivity contribution in [3.05, 3.63) is 11.0 Å². The molecule has 0 aliphatic rings. The van der Waals surface area contributed by atoms with Gasteiger partial charge in [-0.1, -0.05) is 32.0 Å². The number of nitrogens with one attached hydrogen (secondary N) is 3. The van der Waals surface area contributed by atoms with E-state index in [9.17, 15) is 0 Å². The van der Waals surface area contributed by atoms with Crippen molar-refractivity contribution in [3.63, 3.8) is 0 Å². The number of anilines is 1. The van der Waals surface area contributed by atoms with Gasteiger partial charge in [0.1, 0.15) is 5.52 Å². The topological polar surface area (TPSA) is 69.4 Å². The maximum absolute atomic E-state index is 5.15. The number of fused-ring (bicyclic) bond motifs is 1. The molecule has 2 aromatic rings. The van der Waals surface area contributed by atoms with E-state index in [0.29, 0.717) is 10.6 Å². The fourth-order valence-electron chi connectivity index (χ4n) is 1.52. The van der Waals surface area contributed by atoms with Gasteiger partial charge in [-0.05, 0) is 6.42 Å². The molecule has 0 bridgehead atoms. The molecule has 0 saturated heterocycles. The molecule has 86 valence electrons. The van der Waals surface area contributed by atoms with Gasteiger partial charge < -0.3 is 15.3 Å². The Labute approximate surface area is 98.7 Å². The van der Waals surface area contributed by atoms with Gasteiger partial charge >= 0.3 is 0 Å². The molecule has 0 atom stereocenters. The van der Waals surface area contributed by atoms with Crippen molar-refractivity contribution in [2.75, 3.05) is 11.9 Å². The minimum atomic E-state index is 0.546. The molecule has 0 radical (unpaired) electrons. The standard InChI is InChI=1S/C10H15N5S/c1-2-3-4-5-11-10-14-8-7(9(16)15-10)12-6-13-8/h6H,2-5H2,1H3,(H3,11,12,13,14,15,16). The highest BCUT2D eigenvalue weighted by molar-refractivity contribution is 7.71. The van der Waals surface area contributed by atoms with Crippen LogP contribution < -0.4 is 5.32 Å². The number of unbranched alkanes of at least 4 members (excludes halogenated alkanes) is 2. The number of rotatable bonds is 5. The minimum Gasteiger partial charge on any atom is -0.356 e. The number of H-pyrrole nitrogens is 2. The lowest BCUT2D eigenvalue weighted by Crippen LogP contribution is -2.05. The molecule has 5 nitrogen and oxygen atoms in total. The zero-order valence-electron chi connectivity index (χ0n) is 9.21. The van der Waals surface area contributed by atoms with Gasteiger partial charge in [-0.25, -0.2) is 9.97 Å². The number of imidazole rings is 1. The van der Waals surface area contributed by atoms with E-state index < -0.39 is 0 Å². The molecule has 2 rings (SSSR count). The van der Waals surface area contributed by atoms with Gasteiger partial charge in [0.25, 0.3) is 0 Å². The lowest BCUT2D eigenvalue weighted by Gasteiger charge is -2.04. The van der Waals surface area contributed by atoms with Crippen molar-refractivity contribution in [1.82, 2.24) is 19.9 Å². The average Bonchev–Trinajstić information content (AvgIpc) is 2.73. The molecule has 3 N–H and O–H groups in total. The lowest BCUT2D eigenvalue weighted by molar-refractivity contribution is 0.740. The predicted octanol–water partition coefficient (Wildman–Crippen LogP) is 2.62. The Balaban J connectivity index is 2.10. The highest BCUT2D eigenvalue weighted by Crippen LogP contribution is 2.09. The summed E-state index contributed by atoms with van der Waals surface area (Å²) in [5.74, 6) is 0.695. The molecule has 0 fully saturated rings. The minimum absolute atomic E-state index is 0.546. The molecule has 0 spiro atoms. The molecule has 6 heteroatoms. The van der Waals surface area contributed by atoms with E-state index in [1.54, 1.807) is 6.33 Å². The van der Waals surface area contributed by atoms with Crippen LogP contribution in [0.1, 0.15) is 26.2 Å². The van der Waals surface area contributed by atoms with Crippen molar-refractivity contribution in [2.24, 2.45) is 0 Å². The summed E-state index contributed by atoms with van der Waals surface area (Å²) in [4.78, 5) is 14.4. The Morgan fingerprint density at radius 2 is 2.31 bits per heavy atom. The second-order valence-corrected chi connectivity index (χ2v) is 4.04. The molecule has 2 heterocycles. The van der Waals surface area contributed by atoms with E-state index in [1.165, 1.54) is 12.8 Å². The van der Waals surface area contributed by atoms with E-state index in [0.717, 1.165) is 24.1 Å². The molecule has 0 amide bonds. The van der Waals surface area contributed by atoms with Crippen LogP contribution in [0, 0.1) is 4.64 Å². The molecule has 0 aliphatic heterocycles. The normalized spacial score (nSPS) is 10.8. The second-order valence-electron chi connectivity index (χ2n) is 3.65. The summed E-state index contributed by atoms with van der Waals surface area (Å²) in [6.07, 6.45) is 5.18.